The summed E-state index contributed by atoms with van der Waals surface area (Å²) in [6, 6.07) is 14.6. The molecule has 0 bridgehead atoms. The fraction of sp³-hybridized carbons (Fsp3) is 0.500. The van der Waals surface area contributed by atoms with Crippen molar-refractivity contribution < 1.29 is 10.4 Å². The summed E-state index contributed by atoms with van der Waals surface area (Å²) >= 11 is 12.3. The maximum Gasteiger partial charge on any atom is 0.0901 e. The van der Waals surface area contributed by atoms with Gasteiger partial charge in [-0.15, -0.1) is 0 Å². The average Bonchev–Trinajstić information content (AvgIpc) is 3.03. The van der Waals surface area contributed by atoms with Gasteiger partial charge in [-0.2, -0.15) is 9.46 Å². The molecule has 0 aliphatic carbocycles. The van der Waals surface area contributed by atoms with Crippen molar-refractivity contribution in [3.8, 4) is 0 Å². The van der Waals surface area contributed by atoms with Gasteiger partial charge in [0.2, 0.25) is 0 Å². The van der Waals surface area contributed by atoms with Crippen molar-refractivity contribution in [3.05, 3.63) is 81.7 Å². The first-order valence-electron chi connectivity index (χ1n) is 16.7. The summed E-state index contributed by atoms with van der Waals surface area (Å²) in [5.74, 6) is 0. The molecule has 4 rings (SSSR count). The lowest BCUT2D eigenvalue weighted by Crippen LogP contribution is -2.31. The Hall–Kier alpha value is -3.00. The maximum absolute atomic E-state index is 10.2. The van der Waals surface area contributed by atoms with E-state index in [-0.39, 0.29) is 0 Å². The van der Waals surface area contributed by atoms with Crippen LogP contribution in [0.4, 0.5) is 0 Å². The lowest BCUT2D eigenvalue weighted by atomic mass is 10.1. The number of hydrogen-bond donors (Lipinski definition) is 2. The highest BCUT2D eigenvalue weighted by Gasteiger charge is 2.07. The smallest absolute Gasteiger partial charge is 0.0901 e. The van der Waals surface area contributed by atoms with Crippen LogP contribution in [0.5, 0.6) is 0 Å². The van der Waals surface area contributed by atoms with E-state index >= 15 is 0 Å². The van der Waals surface area contributed by atoms with Crippen LogP contribution in [0.15, 0.2) is 70.9 Å². The van der Waals surface area contributed by atoms with Gasteiger partial charge in [0, 0.05) is 46.3 Å². The first kappa shape index (κ1) is 34.9. The largest absolute Gasteiger partial charge is 0.428 e. The molecule has 0 spiro atoms. The standard InChI is InChI=1S/C36H49Cl2N5O2/c1-2-3-4-5-6-7-8-9-10-11-12-13-22-41(25-20-39-33-18-23-42(44)35-27-29(37)14-16-31(33)35)26-21-40-34-19-24-43(45)36-28-30(38)15-17-32(34)36/h14-19,23-24,27-28,44-45H,2-13,20-22,25-26H2,1H3. The van der Waals surface area contributed by atoms with Crippen molar-refractivity contribution in [2.75, 3.05) is 32.7 Å². The molecule has 2 aromatic carbocycles. The maximum atomic E-state index is 10.2. The molecule has 0 saturated heterocycles. The molecular weight excluding hydrogens is 605 g/mol. The minimum Gasteiger partial charge on any atom is -0.428 e. The Balaban J connectivity index is 1.34. The van der Waals surface area contributed by atoms with Crippen LogP contribution in [0.25, 0.3) is 21.8 Å². The molecule has 7 nitrogen and oxygen atoms in total. The fourth-order valence-corrected chi connectivity index (χ4v) is 6.19. The topological polar surface area (TPSA) is 78.3 Å². The Morgan fingerprint density at radius 1 is 0.578 bits per heavy atom. The van der Waals surface area contributed by atoms with Crippen molar-refractivity contribution in [2.24, 2.45) is 9.98 Å². The summed E-state index contributed by atoms with van der Waals surface area (Å²) in [7, 11) is 0. The SMILES string of the molecule is CCCCCCCCCCCCCCN(CCN=c1ccn(O)c2cc(Cl)ccc12)CCN=c1ccn(O)c2cc(Cl)ccc12. The second-order valence-electron chi connectivity index (χ2n) is 11.9. The number of pyridine rings is 2. The normalized spacial score (nSPS) is 12.7. The highest BCUT2D eigenvalue weighted by atomic mass is 35.5. The molecule has 2 heterocycles. The predicted octanol–water partition coefficient (Wildman–Crippen LogP) is 8.88. The molecule has 0 aliphatic rings. The molecule has 45 heavy (non-hydrogen) atoms. The van der Waals surface area contributed by atoms with E-state index in [2.05, 4.69) is 11.8 Å². The summed E-state index contributed by atoms with van der Waals surface area (Å²) in [4.78, 5) is 12.2. The zero-order valence-corrected chi connectivity index (χ0v) is 28.2. The van der Waals surface area contributed by atoms with Gasteiger partial charge in [0.1, 0.15) is 0 Å². The molecular formula is C36H49Cl2N5O2. The summed E-state index contributed by atoms with van der Waals surface area (Å²) in [5, 5.41) is 25.0. The molecule has 0 atom stereocenters. The minimum atomic E-state index is 0.572. The molecule has 2 N–H and O–H groups in total. The van der Waals surface area contributed by atoms with E-state index in [1.807, 2.05) is 36.4 Å². The van der Waals surface area contributed by atoms with E-state index in [9.17, 15) is 10.4 Å². The molecule has 244 valence electrons. The second-order valence-corrected chi connectivity index (χ2v) is 12.8. The van der Waals surface area contributed by atoms with Crippen LogP contribution in [0.2, 0.25) is 10.0 Å². The third-order valence-corrected chi connectivity index (χ3v) is 8.91. The van der Waals surface area contributed by atoms with Crippen LogP contribution >= 0.6 is 23.2 Å². The highest BCUT2D eigenvalue weighted by molar-refractivity contribution is 6.31. The van der Waals surface area contributed by atoms with Crippen LogP contribution in [-0.4, -0.2) is 57.5 Å². The van der Waals surface area contributed by atoms with Crippen molar-refractivity contribution in [3.63, 3.8) is 0 Å². The van der Waals surface area contributed by atoms with E-state index in [1.165, 1.54) is 70.6 Å². The number of rotatable bonds is 19. The zero-order chi connectivity index (χ0) is 31.9. The number of aromatic nitrogens is 2. The van der Waals surface area contributed by atoms with Gasteiger partial charge in [-0.05, 0) is 61.5 Å². The van der Waals surface area contributed by atoms with Crippen molar-refractivity contribution >= 4 is 45.0 Å². The van der Waals surface area contributed by atoms with Crippen LogP contribution in [0, 0.1) is 0 Å². The molecule has 0 aliphatic heterocycles. The van der Waals surface area contributed by atoms with Crippen molar-refractivity contribution in [1.82, 2.24) is 14.4 Å². The molecule has 0 amide bonds. The average molecular weight is 655 g/mol. The Kier molecular flexibility index (Phi) is 14.6. The number of fused-ring (bicyclic) bond motifs is 2. The van der Waals surface area contributed by atoms with Gasteiger partial charge in [-0.1, -0.05) is 101 Å². The van der Waals surface area contributed by atoms with E-state index < -0.39 is 0 Å². The molecule has 0 saturated carbocycles. The zero-order valence-electron chi connectivity index (χ0n) is 26.7. The lowest BCUT2D eigenvalue weighted by molar-refractivity contribution is 0.197. The first-order chi connectivity index (χ1) is 22.0. The minimum absolute atomic E-state index is 0.572. The number of hydrogen-bond acceptors (Lipinski definition) is 5. The molecule has 0 radical (unpaired) electrons. The van der Waals surface area contributed by atoms with Gasteiger partial charge < -0.3 is 10.4 Å². The summed E-state index contributed by atoms with van der Waals surface area (Å²) in [5.41, 5.74) is 1.27. The van der Waals surface area contributed by atoms with Gasteiger partial charge >= 0.3 is 0 Å². The molecule has 2 aromatic heterocycles. The van der Waals surface area contributed by atoms with Crippen molar-refractivity contribution in [2.45, 2.75) is 84.0 Å². The number of benzene rings is 2. The second kappa shape index (κ2) is 18.8. The predicted molar refractivity (Wildman–Crippen MR) is 187 cm³/mol. The monoisotopic (exact) mass is 653 g/mol. The summed E-state index contributed by atoms with van der Waals surface area (Å²) < 4.78 is 2.17. The molecule has 0 fully saturated rings. The summed E-state index contributed by atoms with van der Waals surface area (Å²) in [6.07, 6.45) is 19.2. The number of nitrogens with zero attached hydrogens (tertiary/aromatic N) is 5. The third kappa shape index (κ3) is 11.1. The Labute approximate surface area is 277 Å². The molecule has 9 heteroatoms. The third-order valence-electron chi connectivity index (χ3n) is 8.44. The van der Waals surface area contributed by atoms with Crippen LogP contribution in [0.3, 0.4) is 0 Å². The highest BCUT2D eigenvalue weighted by Crippen LogP contribution is 2.17. The molecule has 0 unspecified atom stereocenters. The van der Waals surface area contributed by atoms with Crippen LogP contribution in [-0.2, 0) is 0 Å². The van der Waals surface area contributed by atoms with Gasteiger partial charge in [-0.25, -0.2) is 0 Å². The van der Waals surface area contributed by atoms with E-state index in [0.717, 1.165) is 57.0 Å². The van der Waals surface area contributed by atoms with E-state index in [4.69, 9.17) is 33.2 Å². The Morgan fingerprint density at radius 3 is 1.44 bits per heavy atom. The van der Waals surface area contributed by atoms with E-state index in [1.54, 1.807) is 24.5 Å². The summed E-state index contributed by atoms with van der Waals surface area (Å²) in [6.45, 7) is 6.20. The molecule has 4 aromatic rings. The Bertz CT molecular complexity index is 1520. The van der Waals surface area contributed by atoms with Crippen LogP contribution < -0.4 is 10.7 Å². The van der Waals surface area contributed by atoms with Gasteiger partial charge in [0.05, 0.1) is 34.8 Å². The number of halogens is 2. The Morgan fingerprint density at radius 2 is 1.00 bits per heavy atom. The van der Waals surface area contributed by atoms with E-state index in [0.29, 0.717) is 34.2 Å². The lowest BCUT2D eigenvalue weighted by Gasteiger charge is -2.20. The van der Waals surface area contributed by atoms with Gasteiger partial charge in [0.25, 0.3) is 0 Å². The quantitative estimate of drug-likeness (QED) is 0.0783. The number of unbranched alkanes of at least 4 members (excludes halogenated alkanes) is 11. The fourth-order valence-electron chi connectivity index (χ4n) is 5.86. The van der Waals surface area contributed by atoms with Gasteiger partial charge in [0.15, 0.2) is 0 Å². The van der Waals surface area contributed by atoms with Crippen LogP contribution in [0.1, 0.15) is 84.0 Å². The van der Waals surface area contributed by atoms with Crippen molar-refractivity contribution in [1.29, 1.82) is 0 Å². The first-order valence-corrected chi connectivity index (χ1v) is 17.5. The van der Waals surface area contributed by atoms with Gasteiger partial charge in [-0.3, -0.25) is 14.9 Å².